The maximum Gasteiger partial charge on any atom is 0.315 e. The lowest BCUT2D eigenvalue weighted by molar-refractivity contribution is 0.219. The van der Waals surface area contributed by atoms with E-state index in [1.165, 1.54) is 19.3 Å². The molecule has 2 aliphatic rings. The minimum atomic E-state index is 0.0305. The Morgan fingerprint density at radius 2 is 1.89 bits per heavy atom. The molecule has 2 fully saturated rings. The minimum Gasteiger partial charge on any atom is -0.335 e. The zero-order chi connectivity index (χ0) is 13.9. The number of amides is 2. The number of hydrogen-bond acceptors (Lipinski definition) is 2. The molecule has 19 heavy (non-hydrogen) atoms. The van der Waals surface area contributed by atoms with Crippen LogP contribution in [0.25, 0.3) is 0 Å². The van der Waals surface area contributed by atoms with Gasteiger partial charge >= 0.3 is 6.03 Å². The van der Waals surface area contributed by atoms with Crippen LogP contribution in [0.1, 0.15) is 52.9 Å². The Labute approximate surface area is 117 Å². The Morgan fingerprint density at radius 3 is 2.47 bits per heavy atom. The number of likely N-dealkylation sites (N-methyl/N-ethyl adjacent to an activating group) is 1. The summed E-state index contributed by atoms with van der Waals surface area (Å²) in [5.74, 6) is 0. The monoisotopic (exact) mass is 267 g/mol. The zero-order valence-corrected chi connectivity index (χ0v) is 12.7. The fraction of sp³-hybridized carbons (Fsp3) is 0.933. The van der Waals surface area contributed by atoms with Crippen molar-refractivity contribution in [2.24, 2.45) is 5.41 Å². The first kappa shape index (κ1) is 14.6. The Balaban J connectivity index is 1.81. The first-order valence-electron chi connectivity index (χ1n) is 7.80. The van der Waals surface area contributed by atoms with E-state index in [1.54, 1.807) is 0 Å². The number of carbonyl (C=O) groups is 1. The zero-order valence-electron chi connectivity index (χ0n) is 12.7. The van der Waals surface area contributed by atoms with E-state index in [1.807, 2.05) is 0 Å². The van der Waals surface area contributed by atoms with E-state index < -0.39 is 0 Å². The molecule has 1 saturated heterocycles. The fourth-order valence-electron chi connectivity index (χ4n) is 3.37. The van der Waals surface area contributed by atoms with Gasteiger partial charge in [-0.2, -0.15) is 0 Å². The average Bonchev–Trinajstić information content (AvgIpc) is 2.65. The first-order chi connectivity index (χ1) is 9.01. The van der Waals surface area contributed by atoms with Crippen molar-refractivity contribution in [3.05, 3.63) is 0 Å². The number of urea groups is 1. The normalized spacial score (nSPS) is 28.3. The summed E-state index contributed by atoms with van der Waals surface area (Å²) in [6.07, 6.45) is 6.11. The Morgan fingerprint density at radius 1 is 1.21 bits per heavy atom. The SMILES string of the molecule is CCN1CC(NC(=O)NC2CCCCC2)C(C)(C)C1. The van der Waals surface area contributed by atoms with Gasteiger partial charge in [0.05, 0.1) is 0 Å². The number of nitrogens with one attached hydrogen (secondary N) is 2. The standard InChI is InChI=1S/C15H29N3O/c1-4-18-10-13(15(2,3)11-18)17-14(19)16-12-8-6-5-7-9-12/h12-13H,4-11H2,1-3H3,(H2,16,17,19). The van der Waals surface area contributed by atoms with Crippen LogP contribution in [-0.4, -0.2) is 42.6 Å². The summed E-state index contributed by atoms with van der Waals surface area (Å²) in [6.45, 7) is 9.77. The number of likely N-dealkylation sites (tertiary alicyclic amines) is 1. The van der Waals surface area contributed by atoms with Crippen LogP contribution in [0.2, 0.25) is 0 Å². The molecule has 1 atom stereocenters. The van der Waals surface area contributed by atoms with E-state index in [9.17, 15) is 4.79 Å². The highest BCUT2D eigenvalue weighted by Gasteiger charge is 2.39. The van der Waals surface area contributed by atoms with Gasteiger partial charge < -0.3 is 15.5 Å². The first-order valence-corrected chi connectivity index (χ1v) is 7.80. The third-order valence-corrected chi connectivity index (χ3v) is 4.71. The van der Waals surface area contributed by atoms with Crippen LogP contribution in [0, 0.1) is 5.41 Å². The highest BCUT2D eigenvalue weighted by atomic mass is 16.2. The van der Waals surface area contributed by atoms with Gasteiger partial charge in [0, 0.05) is 25.2 Å². The number of nitrogens with zero attached hydrogens (tertiary/aromatic N) is 1. The molecule has 0 bridgehead atoms. The molecule has 110 valence electrons. The van der Waals surface area contributed by atoms with Gasteiger partial charge in [0.15, 0.2) is 0 Å². The van der Waals surface area contributed by atoms with Crippen molar-refractivity contribution in [1.82, 2.24) is 15.5 Å². The van der Waals surface area contributed by atoms with Crippen molar-refractivity contribution in [1.29, 1.82) is 0 Å². The predicted molar refractivity (Wildman–Crippen MR) is 78.2 cm³/mol. The molecule has 1 aliphatic heterocycles. The molecular weight excluding hydrogens is 238 g/mol. The molecule has 1 unspecified atom stereocenters. The average molecular weight is 267 g/mol. The largest absolute Gasteiger partial charge is 0.335 e. The van der Waals surface area contributed by atoms with E-state index in [4.69, 9.17) is 0 Å². The smallest absolute Gasteiger partial charge is 0.315 e. The summed E-state index contributed by atoms with van der Waals surface area (Å²) in [4.78, 5) is 14.5. The lowest BCUT2D eigenvalue weighted by Crippen LogP contribution is -2.51. The van der Waals surface area contributed by atoms with E-state index in [2.05, 4.69) is 36.3 Å². The lowest BCUT2D eigenvalue weighted by atomic mass is 9.88. The second-order valence-corrected chi connectivity index (χ2v) is 6.82. The van der Waals surface area contributed by atoms with E-state index >= 15 is 0 Å². The molecule has 1 heterocycles. The highest BCUT2D eigenvalue weighted by Crippen LogP contribution is 2.29. The van der Waals surface area contributed by atoms with E-state index in [-0.39, 0.29) is 17.5 Å². The molecule has 1 aliphatic carbocycles. The summed E-state index contributed by atoms with van der Waals surface area (Å²) < 4.78 is 0. The molecule has 2 N–H and O–H groups in total. The molecule has 0 aromatic heterocycles. The molecule has 2 amide bonds. The van der Waals surface area contributed by atoms with Gasteiger partial charge in [0.25, 0.3) is 0 Å². The second kappa shape index (κ2) is 6.12. The summed E-state index contributed by atoms with van der Waals surface area (Å²) in [5, 5.41) is 6.34. The van der Waals surface area contributed by atoms with Gasteiger partial charge in [-0.05, 0) is 24.8 Å². The van der Waals surface area contributed by atoms with Gasteiger partial charge in [0.2, 0.25) is 0 Å². The molecule has 0 radical (unpaired) electrons. The molecule has 0 aromatic carbocycles. The molecule has 4 nitrogen and oxygen atoms in total. The van der Waals surface area contributed by atoms with Gasteiger partial charge in [-0.1, -0.05) is 40.0 Å². The number of rotatable bonds is 3. The predicted octanol–water partition coefficient (Wildman–Crippen LogP) is 2.35. The Bertz CT molecular complexity index is 311. The van der Waals surface area contributed by atoms with Gasteiger partial charge in [-0.3, -0.25) is 0 Å². The van der Waals surface area contributed by atoms with Crippen LogP contribution in [0.15, 0.2) is 0 Å². The van der Waals surface area contributed by atoms with Crippen LogP contribution in [0.5, 0.6) is 0 Å². The lowest BCUT2D eigenvalue weighted by Gasteiger charge is -2.28. The van der Waals surface area contributed by atoms with Crippen molar-refractivity contribution >= 4 is 6.03 Å². The number of carbonyl (C=O) groups excluding carboxylic acids is 1. The topological polar surface area (TPSA) is 44.4 Å². The minimum absolute atomic E-state index is 0.0305. The van der Waals surface area contributed by atoms with Crippen LogP contribution in [0.3, 0.4) is 0 Å². The second-order valence-electron chi connectivity index (χ2n) is 6.82. The Kier molecular flexibility index (Phi) is 4.71. The number of hydrogen-bond donors (Lipinski definition) is 2. The fourth-order valence-corrected chi connectivity index (χ4v) is 3.37. The van der Waals surface area contributed by atoms with Crippen LogP contribution in [-0.2, 0) is 0 Å². The quantitative estimate of drug-likeness (QED) is 0.824. The van der Waals surface area contributed by atoms with Crippen LogP contribution < -0.4 is 10.6 Å². The van der Waals surface area contributed by atoms with E-state index in [0.717, 1.165) is 32.5 Å². The molecule has 4 heteroatoms. The van der Waals surface area contributed by atoms with Gasteiger partial charge in [0.1, 0.15) is 0 Å². The van der Waals surface area contributed by atoms with Crippen molar-refractivity contribution in [3.8, 4) is 0 Å². The third kappa shape index (κ3) is 3.85. The van der Waals surface area contributed by atoms with Crippen molar-refractivity contribution in [2.45, 2.75) is 65.0 Å². The molecule has 0 aromatic rings. The highest BCUT2D eigenvalue weighted by molar-refractivity contribution is 5.74. The van der Waals surface area contributed by atoms with Gasteiger partial charge in [-0.15, -0.1) is 0 Å². The van der Waals surface area contributed by atoms with E-state index in [0.29, 0.717) is 6.04 Å². The van der Waals surface area contributed by atoms with Gasteiger partial charge in [-0.25, -0.2) is 4.79 Å². The molecule has 1 saturated carbocycles. The maximum atomic E-state index is 12.1. The van der Waals surface area contributed by atoms with Crippen molar-refractivity contribution in [2.75, 3.05) is 19.6 Å². The Hall–Kier alpha value is -0.770. The summed E-state index contributed by atoms with van der Waals surface area (Å²) in [7, 11) is 0. The molecule has 2 rings (SSSR count). The summed E-state index contributed by atoms with van der Waals surface area (Å²) in [6, 6.07) is 0.680. The summed E-state index contributed by atoms with van der Waals surface area (Å²) in [5.41, 5.74) is 0.167. The van der Waals surface area contributed by atoms with Crippen molar-refractivity contribution in [3.63, 3.8) is 0 Å². The molecule has 0 spiro atoms. The van der Waals surface area contributed by atoms with Crippen LogP contribution in [0.4, 0.5) is 4.79 Å². The third-order valence-electron chi connectivity index (χ3n) is 4.71. The van der Waals surface area contributed by atoms with Crippen molar-refractivity contribution < 1.29 is 4.79 Å². The van der Waals surface area contributed by atoms with Crippen LogP contribution >= 0.6 is 0 Å². The summed E-state index contributed by atoms with van der Waals surface area (Å²) >= 11 is 0. The maximum absolute atomic E-state index is 12.1. The molecular formula is C15H29N3O.